The van der Waals surface area contributed by atoms with Gasteiger partial charge < -0.3 is 26.3 Å². The molecule has 0 unspecified atom stereocenters. The summed E-state index contributed by atoms with van der Waals surface area (Å²) in [5, 5.41) is 15.1. The van der Waals surface area contributed by atoms with Gasteiger partial charge in [-0.15, -0.1) is 0 Å². The highest BCUT2D eigenvalue weighted by atomic mass is 16.4. The summed E-state index contributed by atoms with van der Waals surface area (Å²) in [6.07, 6.45) is 3.76. The molecular weight excluding hydrogens is 248 g/mol. The minimum Gasteiger partial charge on any atom is -0.544 e. The molecule has 1 aromatic heterocycles. The zero-order valence-corrected chi connectivity index (χ0v) is 10.7. The normalized spacial score (nSPS) is 11.8. The highest BCUT2D eigenvalue weighted by Gasteiger charge is 2.18. The van der Waals surface area contributed by atoms with Gasteiger partial charge in [0.25, 0.3) is 0 Å². The lowest BCUT2D eigenvalue weighted by molar-refractivity contribution is -0.684. The zero-order valence-electron chi connectivity index (χ0n) is 10.7. The van der Waals surface area contributed by atoms with Crippen molar-refractivity contribution in [2.45, 2.75) is 18.9 Å². The molecule has 0 saturated heterocycles. The molecule has 7 heteroatoms. The fourth-order valence-electron chi connectivity index (χ4n) is 1.57. The number of carboxylic acids is 1. The Balaban J connectivity index is 2.45. The fraction of sp³-hybridized carbons (Fsp3) is 0.417. The lowest BCUT2D eigenvalue weighted by Gasteiger charge is -2.15. The Morgan fingerprint density at radius 1 is 1.53 bits per heavy atom. The van der Waals surface area contributed by atoms with Crippen LogP contribution in [0, 0.1) is 0 Å². The van der Waals surface area contributed by atoms with Crippen LogP contribution >= 0.6 is 0 Å². The summed E-state index contributed by atoms with van der Waals surface area (Å²) in [6, 6.07) is 2.50. The van der Waals surface area contributed by atoms with Crippen LogP contribution < -0.4 is 21.5 Å². The second-order valence-electron chi connectivity index (χ2n) is 4.15. The van der Waals surface area contributed by atoms with Gasteiger partial charge in [-0.25, -0.2) is 0 Å². The molecule has 19 heavy (non-hydrogen) atoms. The summed E-state index contributed by atoms with van der Waals surface area (Å²) in [6.45, 7) is 1.35. The Hall–Kier alpha value is -1.99. The van der Waals surface area contributed by atoms with Crippen LogP contribution in [0.3, 0.4) is 0 Å². The van der Waals surface area contributed by atoms with Gasteiger partial charge in [-0.2, -0.15) is 0 Å². The first-order valence-electron chi connectivity index (χ1n) is 6.16. The van der Waals surface area contributed by atoms with E-state index in [1.807, 2.05) is 0 Å². The lowest BCUT2D eigenvalue weighted by atomic mass is 10.2. The predicted octanol–water partition coefficient (Wildman–Crippen LogP) is -3.28. The molecular formula is C12H19N4O3+. The number of carbonyl (C=O) groups is 2. The summed E-state index contributed by atoms with van der Waals surface area (Å²) < 4.78 is 0. The number of aliphatic carboxylic acids is 1. The quantitative estimate of drug-likeness (QED) is 0.427. The van der Waals surface area contributed by atoms with Gasteiger partial charge in [-0.05, 0) is 12.1 Å². The minimum atomic E-state index is -1.23. The number of aromatic nitrogens is 1. The molecule has 1 aromatic rings. The van der Waals surface area contributed by atoms with Crippen molar-refractivity contribution in [2.75, 3.05) is 18.4 Å². The van der Waals surface area contributed by atoms with E-state index in [1.54, 1.807) is 23.6 Å². The monoisotopic (exact) mass is 267 g/mol. The van der Waals surface area contributed by atoms with Crippen LogP contribution in [0.1, 0.15) is 12.8 Å². The van der Waals surface area contributed by atoms with E-state index in [1.165, 1.54) is 6.20 Å². The van der Waals surface area contributed by atoms with Crippen molar-refractivity contribution in [3.05, 3.63) is 24.5 Å². The molecule has 1 rings (SSSR count). The molecule has 0 radical (unpaired) electrons. The third kappa shape index (κ3) is 5.94. The molecule has 0 saturated carbocycles. The van der Waals surface area contributed by atoms with Crippen LogP contribution in [-0.4, -0.2) is 36.0 Å². The first-order chi connectivity index (χ1) is 9.13. The molecule has 1 amide bonds. The number of quaternary nitrogens is 2. The molecule has 0 bridgehead atoms. The predicted molar refractivity (Wildman–Crippen MR) is 65.4 cm³/mol. The van der Waals surface area contributed by atoms with Gasteiger partial charge in [-0.3, -0.25) is 9.78 Å². The molecule has 0 aliphatic rings. The second kappa shape index (κ2) is 8.17. The number of rotatable bonds is 8. The van der Waals surface area contributed by atoms with E-state index in [9.17, 15) is 14.7 Å². The van der Waals surface area contributed by atoms with E-state index in [4.69, 9.17) is 0 Å². The molecule has 6 N–H and O–H groups in total. The van der Waals surface area contributed by atoms with Gasteiger partial charge in [0.2, 0.25) is 5.91 Å². The topological polar surface area (TPSA) is 126 Å². The lowest BCUT2D eigenvalue weighted by Crippen LogP contribution is -2.93. The number of amides is 1. The summed E-state index contributed by atoms with van der Waals surface area (Å²) in [5.74, 6) is -1.60. The molecule has 0 aromatic carbocycles. The first-order valence-corrected chi connectivity index (χ1v) is 6.16. The SMILES string of the molecule is [NH3+]CCC[NH2+][C@H](CC(=O)Nc1cccnc1)C(=O)[O-]. The van der Waals surface area contributed by atoms with Crippen molar-refractivity contribution >= 4 is 17.6 Å². The number of anilines is 1. The van der Waals surface area contributed by atoms with Gasteiger partial charge in [0.15, 0.2) is 0 Å². The Morgan fingerprint density at radius 3 is 2.89 bits per heavy atom. The Labute approximate surface area is 111 Å². The molecule has 0 aliphatic carbocycles. The fourth-order valence-corrected chi connectivity index (χ4v) is 1.57. The Kier molecular flexibility index (Phi) is 6.48. The number of carboxylic acid groups (broad SMARTS) is 1. The number of nitrogens with two attached hydrogens (primary N) is 1. The maximum absolute atomic E-state index is 11.7. The van der Waals surface area contributed by atoms with E-state index < -0.39 is 12.0 Å². The molecule has 0 fully saturated rings. The maximum Gasteiger partial charge on any atom is 0.230 e. The molecule has 0 aliphatic heterocycles. The number of carbonyl (C=O) groups excluding carboxylic acids is 2. The number of nitrogens with one attached hydrogen (secondary N) is 1. The van der Waals surface area contributed by atoms with E-state index in [0.29, 0.717) is 12.2 Å². The number of pyridine rings is 1. The van der Waals surface area contributed by atoms with Crippen LogP contribution in [0.5, 0.6) is 0 Å². The number of nitrogens with zero attached hydrogens (tertiary/aromatic N) is 1. The Bertz CT molecular complexity index is 411. The van der Waals surface area contributed by atoms with E-state index in [2.05, 4.69) is 16.0 Å². The Morgan fingerprint density at radius 2 is 2.32 bits per heavy atom. The average molecular weight is 267 g/mol. The molecule has 1 atom stereocenters. The van der Waals surface area contributed by atoms with Crippen molar-refractivity contribution in [1.82, 2.24) is 4.98 Å². The summed E-state index contributed by atoms with van der Waals surface area (Å²) >= 11 is 0. The number of hydrogen-bond donors (Lipinski definition) is 3. The van der Waals surface area contributed by atoms with Crippen LogP contribution in [0.2, 0.25) is 0 Å². The van der Waals surface area contributed by atoms with Crippen molar-refractivity contribution in [1.29, 1.82) is 0 Å². The molecule has 0 spiro atoms. The standard InChI is InChI=1S/C12H18N4O3/c13-4-2-6-15-10(12(18)19)7-11(17)16-9-3-1-5-14-8-9/h1,3,5,8,10,15H,2,4,6-7,13H2,(H,16,17)(H,18,19)/p+1/t10-/m1/s1. The van der Waals surface area contributed by atoms with Crippen LogP contribution in [-0.2, 0) is 9.59 Å². The third-order valence-corrected chi connectivity index (χ3v) is 2.56. The summed E-state index contributed by atoms with van der Waals surface area (Å²) in [7, 11) is 0. The minimum absolute atomic E-state index is 0.131. The molecule has 104 valence electrons. The van der Waals surface area contributed by atoms with Gasteiger partial charge in [-0.1, -0.05) is 0 Å². The maximum atomic E-state index is 11.7. The zero-order chi connectivity index (χ0) is 14.1. The van der Waals surface area contributed by atoms with Crippen molar-refractivity contribution in [2.24, 2.45) is 0 Å². The highest BCUT2D eigenvalue weighted by Crippen LogP contribution is 2.03. The average Bonchev–Trinajstić information content (AvgIpc) is 2.38. The van der Waals surface area contributed by atoms with Gasteiger partial charge in [0.1, 0.15) is 6.04 Å². The smallest absolute Gasteiger partial charge is 0.230 e. The summed E-state index contributed by atoms with van der Waals surface area (Å²) in [5.41, 5.74) is 4.22. The van der Waals surface area contributed by atoms with E-state index in [0.717, 1.165) is 13.0 Å². The van der Waals surface area contributed by atoms with Crippen LogP contribution in [0.15, 0.2) is 24.5 Å². The van der Waals surface area contributed by atoms with Crippen LogP contribution in [0.25, 0.3) is 0 Å². The van der Waals surface area contributed by atoms with Gasteiger partial charge in [0, 0.05) is 12.6 Å². The van der Waals surface area contributed by atoms with Gasteiger partial charge in [0.05, 0.1) is 37.4 Å². The first kappa shape index (κ1) is 15.1. The third-order valence-electron chi connectivity index (χ3n) is 2.56. The van der Waals surface area contributed by atoms with E-state index >= 15 is 0 Å². The highest BCUT2D eigenvalue weighted by molar-refractivity contribution is 5.93. The second-order valence-corrected chi connectivity index (χ2v) is 4.15. The van der Waals surface area contributed by atoms with Gasteiger partial charge >= 0.3 is 0 Å². The van der Waals surface area contributed by atoms with Crippen molar-refractivity contribution in [3.63, 3.8) is 0 Å². The van der Waals surface area contributed by atoms with Crippen molar-refractivity contribution in [3.8, 4) is 0 Å². The molecule has 1 heterocycles. The number of hydrogen-bond acceptors (Lipinski definition) is 4. The van der Waals surface area contributed by atoms with Crippen molar-refractivity contribution < 1.29 is 25.7 Å². The molecule has 7 nitrogen and oxygen atoms in total. The van der Waals surface area contributed by atoms with Crippen LogP contribution in [0.4, 0.5) is 5.69 Å². The van der Waals surface area contributed by atoms with E-state index in [-0.39, 0.29) is 12.3 Å². The largest absolute Gasteiger partial charge is 0.544 e. The summed E-state index contributed by atoms with van der Waals surface area (Å²) in [4.78, 5) is 26.5.